The number of hydrogen-bond donors (Lipinski definition) is 0. The molecule has 1 fully saturated rings. The first-order chi connectivity index (χ1) is 15.6. The monoisotopic (exact) mass is 440 g/mol. The quantitative estimate of drug-likeness (QED) is 0.604. The summed E-state index contributed by atoms with van der Waals surface area (Å²) in [5.74, 6) is 1.21. The van der Waals surface area contributed by atoms with Gasteiger partial charge in [0, 0.05) is 24.4 Å². The molecular weight excluding hydrogens is 411 g/mol. The van der Waals surface area contributed by atoms with Crippen LogP contribution < -0.4 is 9.47 Å². The van der Waals surface area contributed by atoms with Crippen LogP contribution in [0.1, 0.15) is 43.2 Å². The highest BCUT2D eigenvalue weighted by Gasteiger charge is 2.31. The Morgan fingerprint density at radius 2 is 1.81 bits per heavy atom. The van der Waals surface area contributed by atoms with E-state index in [-0.39, 0.29) is 23.7 Å². The zero-order valence-corrected chi connectivity index (χ0v) is 18.6. The second kappa shape index (κ2) is 10.0. The number of oxime groups is 1. The van der Waals surface area contributed by atoms with Gasteiger partial charge in [0.15, 0.2) is 17.6 Å². The van der Waals surface area contributed by atoms with E-state index in [9.17, 15) is 9.18 Å². The Kier molecular flexibility index (Phi) is 6.93. The number of carbonyl (C=O) groups excluding carboxylic acids is 1. The number of halogens is 1. The molecule has 0 N–H and O–H groups in total. The average molecular weight is 441 g/mol. The van der Waals surface area contributed by atoms with Gasteiger partial charge in [0.25, 0.3) is 0 Å². The number of nitrogens with zero attached hydrogens (tertiary/aromatic N) is 2. The fourth-order valence-corrected chi connectivity index (χ4v) is 4.43. The molecule has 2 aromatic carbocycles. The molecule has 1 amide bonds. The molecular formula is C25H29FN2O4. The molecule has 170 valence electrons. The zero-order valence-electron chi connectivity index (χ0n) is 18.6. The topological polar surface area (TPSA) is 60.4 Å². The Bertz CT molecular complexity index is 970. The van der Waals surface area contributed by atoms with Crippen molar-refractivity contribution in [1.82, 2.24) is 4.90 Å². The van der Waals surface area contributed by atoms with Crippen LogP contribution >= 0.6 is 0 Å². The van der Waals surface area contributed by atoms with Crippen molar-refractivity contribution in [1.29, 1.82) is 0 Å². The van der Waals surface area contributed by atoms with Crippen LogP contribution in [0.15, 0.2) is 47.6 Å². The van der Waals surface area contributed by atoms with Crippen molar-refractivity contribution in [3.05, 3.63) is 59.4 Å². The van der Waals surface area contributed by atoms with E-state index in [1.807, 2.05) is 23.1 Å². The molecule has 32 heavy (non-hydrogen) atoms. The Labute approximate surface area is 187 Å². The van der Waals surface area contributed by atoms with Crippen LogP contribution in [0.25, 0.3) is 0 Å². The largest absolute Gasteiger partial charge is 0.493 e. The van der Waals surface area contributed by atoms with Crippen LogP contribution in [-0.4, -0.2) is 43.4 Å². The van der Waals surface area contributed by atoms with Crippen molar-refractivity contribution >= 4 is 11.6 Å². The van der Waals surface area contributed by atoms with Gasteiger partial charge in [0.05, 0.1) is 26.5 Å². The van der Waals surface area contributed by atoms with Crippen molar-refractivity contribution in [2.24, 2.45) is 11.1 Å². The fourth-order valence-electron chi connectivity index (χ4n) is 4.43. The lowest BCUT2D eigenvalue weighted by Gasteiger charge is -2.27. The summed E-state index contributed by atoms with van der Waals surface area (Å²) >= 11 is 0. The van der Waals surface area contributed by atoms with Crippen LogP contribution in [0.4, 0.5) is 4.39 Å². The molecule has 7 heteroatoms. The van der Waals surface area contributed by atoms with Crippen molar-refractivity contribution in [3.63, 3.8) is 0 Å². The smallest absolute Gasteiger partial charge is 0.226 e. The van der Waals surface area contributed by atoms with E-state index in [0.29, 0.717) is 31.0 Å². The average Bonchev–Trinajstić information content (AvgIpc) is 3.52. The number of amides is 1. The summed E-state index contributed by atoms with van der Waals surface area (Å²) in [5, 5.41) is 4.28. The molecule has 4 rings (SSSR count). The lowest BCUT2D eigenvalue weighted by Crippen LogP contribution is -2.40. The number of hydrogen-bond acceptors (Lipinski definition) is 5. The highest BCUT2D eigenvalue weighted by Crippen LogP contribution is 2.31. The third-order valence-corrected chi connectivity index (χ3v) is 6.18. The molecule has 1 heterocycles. The van der Waals surface area contributed by atoms with Gasteiger partial charge in [0.1, 0.15) is 5.82 Å². The van der Waals surface area contributed by atoms with E-state index in [2.05, 4.69) is 5.16 Å². The van der Waals surface area contributed by atoms with Crippen molar-refractivity contribution in [3.8, 4) is 11.5 Å². The Morgan fingerprint density at radius 1 is 1.09 bits per heavy atom. The van der Waals surface area contributed by atoms with Crippen LogP contribution in [0.3, 0.4) is 0 Å². The summed E-state index contributed by atoms with van der Waals surface area (Å²) in [6.45, 7) is 0.869. The molecule has 1 aliphatic heterocycles. The number of rotatable bonds is 8. The van der Waals surface area contributed by atoms with Gasteiger partial charge in [-0.15, -0.1) is 0 Å². The maximum absolute atomic E-state index is 13.3. The molecule has 2 aliphatic rings. The summed E-state index contributed by atoms with van der Waals surface area (Å²) in [5.41, 5.74) is 2.61. The van der Waals surface area contributed by atoms with E-state index in [1.54, 1.807) is 26.4 Å². The van der Waals surface area contributed by atoms with Gasteiger partial charge < -0.3 is 19.2 Å². The number of ether oxygens (including phenoxy) is 2. The summed E-state index contributed by atoms with van der Waals surface area (Å²) in [4.78, 5) is 20.8. The molecule has 0 unspecified atom stereocenters. The lowest BCUT2D eigenvalue weighted by molar-refractivity contribution is -0.137. The number of benzene rings is 2. The predicted molar refractivity (Wildman–Crippen MR) is 119 cm³/mol. The minimum absolute atomic E-state index is 0.0584. The van der Waals surface area contributed by atoms with Crippen LogP contribution in [-0.2, 0) is 16.2 Å². The third kappa shape index (κ3) is 5.03. The summed E-state index contributed by atoms with van der Waals surface area (Å²) in [6, 6.07) is 12.0. The SMILES string of the molecule is COc1ccc(C2=NO[C@@H](CN(Cc3ccc(F)cc3)C(=O)C3CCCC3)C2)cc1OC. The van der Waals surface area contributed by atoms with Gasteiger partial charge in [-0.25, -0.2) is 4.39 Å². The molecule has 2 aromatic rings. The van der Waals surface area contributed by atoms with E-state index < -0.39 is 0 Å². The second-order valence-electron chi connectivity index (χ2n) is 8.37. The molecule has 0 radical (unpaired) electrons. The number of carbonyl (C=O) groups is 1. The van der Waals surface area contributed by atoms with Crippen LogP contribution in [0, 0.1) is 11.7 Å². The summed E-state index contributed by atoms with van der Waals surface area (Å²) < 4.78 is 24.0. The Morgan fingerprint density at radius 3 is 2.50 bits per heavy atom. The van der Waals surface area contributed by atoms with E-state index in [1.165, 1.54) is 12.1 Å². The maximum atomic E-state index is 13.3. The molecule has 0 saturated heterocycles. The first-order valence-electron chi connectivity index (χ1n) is 11.1. The Hall–Kier alpha value is -3.09. The predicted octanol–water partition coefficient (Wildman–Crippen LogP) is 4.55. The zero-order chi connectivity index (χ0) is 22.5. The first kappa shape index (κ1) is 22.1. The fraction of sp³-hybridized carbons (Fsp3) is 0.440. The third-order valence-electron chi connectivity index (χ3n) is 6.18. The van der Waals surface area contributed by atoms with Gasteiger partial charge in [0.2, 0.25) is 5.91 Å². The van der Waals surface area contributed by atoms with E-state index >= 15 is 0 Å². The summed E-state index contributed by atoms with van der Waals surface area (Å²) in [6.07, 6.45) is 4.40. The second-order valence-corrected chi connectivity index (χ2v) is 8.37. The molecule has 6 nitrogen and oxygen atoms in total. The van der Waals surface area contributed by atoms with Gasteiger partial charge in [-0.05, 0) is 48.7 Å². The van der Waals surface area contributed by atoms with Crippen molar-refractivity contribution < 1.29 is 23.5 Å². The van der Waals surface area contributed by atoms with Crippen molar-refractivity contribution in [2.75, 3.05) is 20.8 Å². The molecule has 0 spiro atoms. The van der Waals surface area contributed by atoms with Crippen molar-refractivity contribution in [2.45, 2.75) is 44.8 Å². The van der Waals surface area contributed by atoms with Gasteiger partial charge in [-0.3, -0.25) is 4.79 Å². The number of methoxy groups -OCH3 is 2. The van der Waals surface area contributed by atoms with Crippen LogP contribution in [0.2, 0.25) is 0 Å². The molecule has 1 atom stereocenters. The Balaban J connectivity index is 1.45. The standard InChI is InChI=1S/C25H29FN2O4/c1-30-23-12-9-19(13-24(23)31-2)22-14-21(32-27-22)16-28(25(29)18-5-3-4-6-18)15-17-7-10-20(26)11-8-17/h7-13,18,21H,3-6,14-16H2,1-2H3/t21-/m1/s1. The normalized spacial score (nSPS) is 18.2. The molecule has 1 aliphatic carbocycles. The highest BCUT2D eigenvalue weighted by atomic mass is 19.1. The minimum atomic E-state index is -0.283. The van der Waals surface area contributed by atoms with Gasteiger partial charge in [-0.1, -0.05) is 30.1 Å². The minimum Gasteiger partial charge on any atom is -0.493 e. The molecule has 0 bridgehead atoms. The van der Waals surface area contributed by atoms with Crippen LogP contribution in [0.5, 0.6) is 11.5 Å². The molecule has 1 saturated carbocycles. The first-order valence-corrected chi connectivity index (χ1v) is 11.1. The highest BCUT2D eigenvalue weighted by molar-refractivity contribution is 6.01. The van der Waals surface area contributed by atoms with Gasteiger partial charge >= 0.3 is 0 Å². The maximum Gasteiger partial charge on any atom is 0.226 e. The van der Waals surface area contributed by atoms with Gasteiger partial charge in [-0.2, -0.15) is 0 Å². The van der Waals surface area contributed by atoms with E-state index in [0.717, 1.165) is 42.5 Å². The molecule has 0 aromatic heterocycles. The van der Waals surface area contributed by atoms with E-state index in [4.69, 9.17) is 14.3 Å². The lowest BCUT2D eigenvalue weighted by atomic mass is 10.0. The summed E-state index contributed by atoms with van der Waals surface area (Å²) in [7, 11) is 3.19.